The second-order valence-electron chi connectivity index (χ2n) is 4.83. The summed E-state index contributed by atoms with van der Waals surface area (Å²) in [5.74, 6) is -0.278. The van der Waals surface area contributed by atoms with Gasteiger partial charge in [-0.15, -0.1) is 0 Å². The van der Waals surface area contributed by atoms with Gasteiger partial charge in [-0.2, -0.15) is 0 Å². The lowest BCUT2D eigenvalue weighted by Crippen LogP contribution is -2.42. The Balaban J connectivity index is 1.81. The van der Waals surface area contributed by atoms with E-state index >= 15 is 0 Å². The summed E-state index contributed by atoms with van der Waals surface area (Å²) in [5.41, 5.74) is 0.969. The van der Waals surface area contributed by atoms with Gasteiger partial charge in [0, 0.05) is 17.6 Å². The van der Waals surface area contributed by atoms with Crippen LogP contribution in [0, 0.1) is 5.82 Å². The molecule has 0 aromatic heterocycles. The number of benzene rings is 1. The van der Waals surface area contributed by atoms with Crippen molar-refractivity contribution in [3.63, 3.8) is 0 Å². The van der Waals surface area contributed by atoms with Gasteiger partial charge in [0.2, 0.25) is 0 Å². The van der Waals surface area contributed by atoms with Crippen molar-refractivity contribution in [1.29, 1.82) is 0 Å². The van der Waals surface area contributed by atoms with E-state index in [1.54, 1.807) is 6.07 Å². The molecule has 100 valence electrons. The van der Waals surface area contributed by atoms with E-state index in [9.17, 15) is 4.39 Å². The van der Waals surface area contributed by atoms with Crippen molar-refractivity contribution in [1.82, 2.24) is 10.2 Å². The highest BCUT2D eigenvalue weighted by molar-refractivity contribution is 6.31. The Hall–Kier alpha value is -0.640. The fourth-order valence-electron chi connectivity index (χ4n) is 2.37. The zero-order valence-corrected chi connectivity index (χ0v) is 11.5. The molecule has 18 heavy (non-hydrogen) atoms. The zero-order chi connectivity index (χ0) is 13.0. The van der Waals surface area contributed by atoms with Crippen LogP contribution in [0.15, 0.2) is 18.2 Å². The summed E-state index contributed by atoms with van der Waals surface area (Å²) in [5, 5.41) is 4.02. The van der Waals surface area contributed by atoms with E-state index in [1.807, 2.05) is 0 Å². The van der Waals surface area contributed by atoms with E-state index in [-0.39, 0.29) is 5.82 Å². The first-order valence-corrected chi connectivity index (χ1v) is 6.96. The van der Waals surface area contributed by atoms with Crippen molar-refractivity contribution in [3.8, 4) is 0 Å². The number of halogens is 2. The van der Waals surface area contributed by atoms with Crippen LogP contribution in [0.3, 0.4) is 0 Å². The summed E-state index contributed by atoms with van der Waals surface area (Å²) in [6.07, 6.45) is 2.35. The molecule has 0 unspecified atom stereocenters. The topological polar surface area (TPSA) is 15.3 Å². The van der Waals surface area contributed by atoms with Crippen molar-refractivity contribution in [3.05, 3.63) is 34.6 Å². The van der Waals surface area contributed by atoms with E-state index < -0.39 is 0 Å². The number of nitrogens with one attached hydrogen (secondary N) is 1. The number of nitrogens with zero attached hydrogens (tertiary/aromatic N) is 1. The normalized spacial score (nSPS) is 18.2. The molecule has 1 aromatic carbocycles. The van der Waals surface area contributed by atoms with Gasteiger partial charge in [0.1, 0.15) is 5.82 Å². The van der Waals surface area contributed by atoms with Crippen molar-refractivity contribution >= 4 is 11.6 Å². The third kappa shape index (κ3) is 3.67. The first-order chi connectivity index (χ1) is 8.69. The summed E-state index contributed by atoms with van der Waals surface area (Å²) < 4.78 is 12.9. The van der Waals surface area contributed by atoms with Crippen LogP contribution in [-0.2, 0) is 6.54 Å². The minimum atomic E-state index is -0.278. The number of rotatable bonds is 4. The molecule has 0 radical (unpaired) electrons. The monoisotopic (exact) mass is 270 g/mol. The molecule has 0 amide bonds. The minimum Gasteiger partial charge on any atom is -0.310 e. The standard InChI is InChI=1S/C14H20ClFN2/c1-2-18-7-5-13(6-8-18)17-10-11-3-4-12(16)9-14(11)15/h3-4,9,13,17H,2,5-8,10H2,1H3. The minimum absolute atomic E-state index is 0.278. The van der Waals surface area contributed by atoms with Crippen LogP contribution in [0.25, 0.3) is 0 Å². The van der Waals surface area contributed by atoms with Crippen molar-refractivity contribution in [2.75, 3.05) is 19.6 Å². The first kappa shape index (κ1) is 13.8. The number of hydrogen-bond acceptors (Lipinski definition) is 2. The van der Waals surface area contributed by atoms with Gasteiger partial charge in [0.25, 0.3) is 0 Å². The predicted octanol–water partition coefficient (Wildman–Crippen LogP) is 3.05. The van der Waals surface area contributed by atoms with E-state index in [0.29, 0.717) is 11.1 Å². The molecular formula is C14H20ClFN2. The largest absolute Gasteiger partial charge is 0.310 e. The fourth-order valence-corrected chi connectivity index (χ4v) is 2.61. The molecule has 1 aliphatic heterocycles. The fraction of sp³-hybridized carbons (Fsp3) is 0.571. The molecule has 2 rings (SSSR count). The van der Waals surface area contributed by atoms with Gasteiger partial charge in [0.05, 0.1) is 0 Å². The molecule has 0 spiro atoms. The summed E-state index contributed by atoms with van der Waals surface area (Å²) >= 11 is 6.00. The highest BCUT2D eigenvalue weighted by atomic mass is 35.5. The maximum Gasteiger partial charge on any atom is 0.124 e. The Morgan fingerprint density at radius 3 is 2.72 bits per heavy atom. The highest BCUT2D eigenvalue weighted by Crippen LogP contribution is 2.18. The van der Waals surface area contributed by atoms with E-state index in [4.69, 9.17) is 11.6 Å². The lowest BCUT2D eigenvalue weighted by Gasteiger charge is -2.31. The Kier molecular flexibility index (Phi) is 4.98. The molecule has 1 heterocycles. The Morgan fingerprint density at radius 1 is 1.39 bits per heavy atom. The summed E-state index contributed by atoms with van der Waals surface area (Å²) in [6, 6.07) is 5.14. The quantitative estimate of drug-likeness (QED) is 0.905. The second kappa shape index (κ2) is 6.50. The van der Waals surface area contributed by atoms with Crippen LogP contribution in [0.5, 0.6) is 0 Å². The van der Waals surface area contributed by atoms with Gasteiger partial charge >= 0.3 is 0 Å². The number of hydrogen-bond donors (Lipinski definition) is 1. The van der Waals surface area contributed by atoms with Crippen LogP contribution >= 0.6 is 11.6 Å². The Morgan fingerprint density at radius 2 is 2.11 bits per heavy atom. The van der Waals surface area contributed by atoms with E-state index in [2.05, 4.69) is 17.1 Å². The second-order valence-corrected chi connectivity index (χ2v) is 5.23. The molecule has 1 saturated heterocycles. The van der Waals surface area contributed by atoms with Crippen LogP contribution in [-0.4, -0.2) is 30.6 Å². The van der Waals surface area contributed by atoms with Crippen molar-refractivity contribution in [2.24, 2.45) is 0 Å². The van der Waals surface area contributed by atoms with E-state index in [1.165, 1.54) is 25.0 Å². The van der Waals surface area contributed by atoms with E-state index in [0.717, 1.165) is 31.7 Å². The molecule has 1 aromatic rings. The molecule has 0 bridgehead atoms. The summed E-state index contributed by atoms with van der Waals surface area (Å²) in [6.45, 7) is 6.37. The summed E-state index contributed by atoms with van der Waals surface area (Å²) in [7, 11) is 0. The molecule has 0 atom stereocenters. The molecule has 1 N–H and O–H groups in total. The van der Waals surface area contributed by atoms with Crippen molar-refractivity contribution in [2.45, 2.75) is 32.4 Å². The third-order valence-corrected chi connectivity index (χ3v) is 3.98. The molecule has 1 aliphatic rings. The van der Waals surface area contributed by atoms with Crippen LogP contribution < -0.4 is 5.32 Å². The van der Waals surface area contributed by atoms with Crippen molar-refractivity contribution < 1.29 is 4.39 Å². The van der Waals surface area contributed by atoms with Gasteiger partial charge in [-0.05, 0) is 50.2 Å². The lowest BCUT2D eigenvalue weighted by molar-refractivity contribution is 0.206. The molecule has 1 fully saturated rings. The molecule has 4 heteroatoms. The summed E-state index contributed by atoms with van der Waals surface area (Å²) in [4.78, 5) is 2.46. The number of likely N-dealkylation sites (tertiary alicyclic amines) is 1. The van der Waals surface area contributed by atoms with Gasteiger partial charge in [-0.25, -0.2) is 4.39 Å². The first-order valence-electron chi connectivity index (χ1n) is 6.58. The third-order valence-electron chi connectivity index (χ3n) is 3.63. The zero-order valence-electron chi connectivity index (χ0n) is 10.8. The molecule has 0 saturated carbocycles. The molecule has 2 nitrogen and oxygen atoms in total. The Labute approximate surface area is 113 Å². The van der Waals surface area contributed by atoms with Crippen LogP contribution in [0.1, 0.15) is 25.3 Å². The molecule has 0 aliphatic carbocycles. The van der Waals surface area contributed by atoms with Gasteiger partial charge < -0.3 is 10.2 Å². The van der Waals surface area contributed by atoms with Crippen LogP contribution in [0.2, 0.25) is 5.02 Å². The average Bonchev–Trinajstić information content (AvgIpc) is 2.38. The average molecular weight is 271 g/mol. The van der Waals surface area contributed by atoms with Gasteiger partial charge in [-0.1, -0.05) is 24.6 Å². The SMILES string of the molecule is CCN1CCC(NCc2ccc(F)cc2Cl)CC1. The maximum atomic E-state index is 12.9. The number of piperidine rings is 1. The smallest absolute Gasteiger partial charge is 0.124 e. The Bertz CT molecular complexity index is 389. The lowest BCUT2D eigenvalue weighted by atomic mass is 10.0. The molecular weight excluding hydrogens is 251 g/mol. The maximum absolute atomic E-state index is 12.9. The van der Waals surface area contributed by atoms with Gasteiger partial charge in [-0.3, -0.25) is 0 Å². The highest BCUT2D eigenvalue weighted by Gasteiger charge is 2.17. The van der Waals surface area contributed by atoms with Gasteiger partial charge in [0.15, 0.2) is 0 Å². The van der Waals surface area contributed by atoms with Crippen LogP contribution in [0.4, 0.5) is 4.39 Å². The predicted molar refractivity (Wildman–Crippen MR) is 73.4 cm³/mol.